The van der Waals surface area contributed by atoms with Crippen LogP contribution in [-0.4, -0.2) is 54.7 Å². The van der Waals surface area contributed by atoms with Crippen molar-refractivity contribution in [3.63, 3.8) is 0 Å². The van der Waals surface area contributed by atoms with Crippen LogP contribution in [0.2, 0.25) is 0 Å². The number of likely N-dealkylation sites (N-methyl/N-ethyl adjacent to an activating group) is 1. The summed E-state index contributed by atoms with van der Waals surface area (Å²) in [5, 5.41) is 0. The van der Waals surface area contributed by atoms with E-state index < -0.39 is 0 Å². The Labute approximate surface area is 117 Å². The minimum atomic E-state index is -0.224. The van der Waals surface area contributed by atoms with E-state index in [1.807, 2.05) is 4.90 Å². The zero-order chi connectivity index (χ0) is 13.7. The standard InChI is InChI=1S/C14H19FN2OS/c1-16-7-9-17(10-8-16)14(18)6-11-19-13-4-2-12(15)3-5-13/h2-5H,6-11H2,1H3. The van der Waals surface area contributed by atoms with Crippen LogP contribution in [0.5, 0.6) is 0 Å². The van der Waals surface area contributed by atoms with Gasteiger partial charge in [0.2, 0.25) is 5.91 Å². The summed E-state index contributed by atoms with van der Waals surface area (Å²) >= 11 is 1.60. The van der Waals surface area contributed by atoms with E-state index in [4.69, 9.17) is 0 Å². The predicted molar refractivity (Wildman–Crippen MR) is 75.8 cm³/mol. The Balaban J connectivity index is 1.70. The third-order valence-electron chi connectivity index (χ3n) is 3.25. The maximum absolute atomic E-state index is 12.7. The number of benzene rings is 1. The van der Waals surface area contributed by atoms with Crippen molar-refractivity contribution in [1.82, 2.24) is 9.80 Å². The lowest BCUT2D eigenvalue weighted by atomic mass is 10.3. The lowest BCUT2D eigenvalue weighted by molar-refractivity contribution is -0.132. The van der Waals surface area contributed by atoms with Crippen molar-refractivity contribution in [3.05, 3.63) is 30.1 Å². The first kappa shape index (κ1) is 14.3. The predicted octanol–water partition coefficient (Wildman–Crippen LogP) is 2.08. The molecule has 1 amide bonds. The Morgan fingerprint density at radius 2 is 1.84 bits per heavy atom. The normalized spacial score (nSPS) is 16.6. The number of hydrogen-bond donors (Lipinski definition) is 0. The van der Waals surface area contributed by atoms with Gasteiger partial charge in [-0.05, 0) is 31.3 Å². The molecule has 0 aromatic heterocycles. The zero-order valence-corrected chi connectivity index (χ0v) is 12.0. The van der Waals surface area contributed by atoms with Gasteiger partial charge >= 0.3 is 0 Å². The topological polar surface area (TPSA) is 23.6 Å². The molecule has 5 heteroatoms. The third-order valence-corrected chi connectivity index (χ3v) is 4.27. The smallest absolute Gasteiger partial charge is 0.223 e. The Morgan fingerprint density at radius 3 is 2.47 bits per heavy atom. The highest BCUT2D eigenvalue weighted by molar-refractivity contribution is 7.99. The minimum Gasteiger partial charge on any atom is -0.340 e. The largest absolute Gasteiger partial charge is 0.340 e. The third kappa shape index (κ3) is 4.51. The molecule has 1 aliphatic rings. The van der Waals surface area contributed by atoms with Gasteiger partial charge in [-0.1, -0.05) is 0 Å². The highest BCUT2D eigenvalue weighted by Gasteiger charge is 2.18. The number of halogens is 1. The molecule has 1 aromatic rings. The number of amides is 1. The van der Waals surface area contributed by atoms with Crippen molar-refractivity contribution in [3.8, 4) is 0 Å². The summed E-state index contributed by atoms with van der Waals surface area (Å²) in [6.07, 6.45) is 0.547. The summed E-state index contributed by atoms with van der Waals surface area (Å²) < 4.78 is 12.7. The van der Waals surface area contributed by atoms with E-state index in [9.17, 15) is 9.18 Å². The van der Waals surface area contributed by atoms with E-state index in [-0.39, 0.29) is 11.7 Å². The van der Waals surface area contributed by atoms with Gasteiger partial charge in [0.25, 0.3) is 0 Å². The number of hydrogen-bond acceptors (Lipinski definition) is 3. The maximum Gasteiger partial charge on any atom is 0.223 e. The van der Waals surface area contributed by atoms with Gasteiger partial charge in [-0.2, -0.15) is 0 Å². The van der Waals surface area contributed by atoms with Crippen molar-refractivity contribution in [2.24, 2.45) is 0 Å². The molecule has 0 spiro atoms. The fourth-order valence-corrected chi connectivity index (χ4v) is 2.84. The molecule has 0 N–H and O–H groups in total. The highest BCUT2D eigenvalue weighted by Crippen LogP contribution is 2.19. The second-order valence-corrected chi connectivity index (χ2v) is 5.90. The molecule has 0 atom stereocenters. The van der Waals surface area contributed by atoms with Crippen LogP contribution in [0.3, 0.4) is 0 Å². The SMILES string of the molecule is CN1CCN(C(=O)CCSc2ccc(F)cc2)CC1. The number of carbonyl (C=O) groups excluding carboxylic acids is 1. The molecule has 0 saturated carbocycles. The summed E-state index contributed by atoms with van der Waals surface area (Å²) in [6, 6.07) is 6.40. The lowest BCUT2D eigenvalue weighted by Crippen LogP contribution is -2.47. The number of carbonyl (C=O) groups is 1. The molecule has 2 rings (SSSR count). The fourth-order valence-electron chi connectivity index (χ4n) is 2.00. The Morgan fingerprint density at radius 1 is 1.21 bits per heavy atom. The van der Waals surface area contributed by atoms with Crippen LogP contribution in [0.25, 0.3) is 0 Å². The second-order valence-electron chi connectivity index (χ2n) is 4.74. The monoisotopic (exact) mass is 282 g/mol. The minimum absolute atomic E-state index is 0.224. The Kier molecular flexibility index (Phi) is 5.22. The number of rotatable bonds is 4. The van der Waals surface area contributed by atoms with Crippen molar-refractivity contribution < 1.29 is 9.18 Å². The van der Waals surface area contributed by atoms with E-state index in [0.717, 1.165) is 36.8 Å². The van der Waals surface area contributed by atoms with Crippen LogP contribution in [0, 0.1) is 5.82 Å². The average molecular weight is 282 g/mol. The van der Waals surface area contributed by atoms with Crippen LogP contribution in [0.4, 0.5) is 4.39 Å². The molecule has 0 bridgehead atoms. The van der Waals surface area contributed by atoms with Gasteiger partial charge in [-0.25, -0.2) is 4.39 Å². The summed E-state index contributed by atoms with van der Waals surface area (Å²) in [4.78, 5) is 17.2. The highest BCUT2D eigenvalue weighted by atomic mass is 32.2. The van der Waals surface area contributed by atoms with Crippen LogP contribution in [-0.2, 0) is 4.79 Å². The van der Waals surface area contributed by atoms with Crippen molar-refractivity contribution in [2.45, 2.75) is 11.3 Å². The van der Waals surface area contributed by atoms with Gasteiger partial charge in [0.15, 0.2) is 0 Å². The molecule has 19 heavy (non-hydrogen) atoms. The van der Waals surface area contributed by atoms with Crippen LogP contribution >= 0.6 is 11.8 Å². The molecule has 1 heterocycles. The van der Waals surface area contributed by atoms with Crippen LogP contribution in [0.15, 0.2) is 29.2 Å². The van der Waals surface area contributed by atoms with Crippen LogP contribution < -0.4 is 0 Å². The zero-order valence-electron chi connectivity index (χ0n) is 11.1. The van der Waals surface area contributed by atoms with Gasteiger partial charge in [0.05, 0.1) is 0 Å². The molecule has 0 radical (unpaired) electrons. The van der Waals surface area contributed by atoms with Gasteiger partial charge in [-0.3, -0.25) is 4.79 Å². The molecule has 0 unspecified atom stereocenters. The van der Waals surface area contributed by atoms with Crippen molar-refractivity contribution >= 4 is 17.7 Å². The average Bonchev–Trinajstić information content (AvgIpc) is 2.41. The fraction of sp³-hybridized carbons (Fsp3) is 0.500. The van der Waals surface area contributed by atoms with E-state index >= 15 is 0 Å². The summed E-state index contributed by atoms with van der Waals surface area (Å²) in [5.41, 5.74) is 0. The number of thioether (sulfide) groups is 1. The first-order valence-electron chi connectivity index (χ1n) is 6.50. The van der Waals surface area contributed by atoms with Gasteiger partial charge < -0.3 is 9.80 Å². The first-order valence-corrected chi connectivity index (χ1v) is 7.48. The quantitative estimate of drug-likeness (QED) is 0.790. The van der Waals surface area contributed by atoms with Crippen LogP contribution in [0.1, 0.15) is 6.42 Å². The van der Waals surface area contributed by atoms with Gasteiger partial charge in [0.1, 0.15) is 5.82 Å². The Hall–Kier alpha value is -1.07. The van der Waals surface area contributed by atoms with E-state index in [1.54, 1.807) is 23.9 Å². The second kappa shape index (κ2) is 6.91. The van der Waals surface area contributed by atoms with E-state index in [2.05, 4.69) is 11.9 Å². The van der Waals surface area contributed by atoms with Crippen molar-refractivity contribution in [1.29, 1.82) is 0 Å². The summed E-state index contributed by atoms with van der Waals surface area (Å²) in [7, 11) is 2.08. The molecule has 1 fully saturated rings. The summed E-state index contributed by atoms with van der Waals surface area (Å²) in [6.45, 7) is 3.57. The van der Waals surface area contributed by atoms with E-state index in [1.165, 1.54) is 12.1 Å². The molecule has 104 valence electrons. The molecule has 1 aliphatic heterocycles. The lowest BCUT2D eigenvalue weighted by Gasteiger charge is -2.32. The molecule has 1 aromatic carbocycles. The number of nitrogens with zero attached hydrogens (tertiary/aromatic N) is 2. The maximum atomic E-state index is 12.7. The Bertz CT molecular complexity index is 416. The van der Waals surface area contributed by atoms with E-state index in [0.29, 0.717) is 6.42 Å². The van der Waals surface area contributed by atoms with Crippen molar-refractivity contribution in [2.75, 3.05) is 39.0 Å². The number of piperazine rings is 1. The molecule has 0 aliphatic carbocycles. The molecular formula is C14H19FN2OS. The molecular weight excluding hydrogens is 263 g/mol. The molecule has 1 saturated heterocycles. The van der Waals surface area contributed by atoms with Gasteiger partial charge in [-0.15, -0.1) is 11.8 Å². The van der Waals surface area contributed by atoms with Gasteiger partial charge in [0, 0.05) is 43.2 Å². The molecule has 3 nitrogen and oxygen atoms in total. The first-order chi connectivity index (χ1) is 9.15. The summed E-state index contributed by atoms with van der Waals surface area (Å²) in [5.74, 6) is 0.747.